The number of halogens is 1. The molecule has 86 valence electrons. The molecule has 0 heterocycles. The highest BCUT2D eigenvalue weighted by molar-refractivity contribution is 9.10. The Kier molecular flexibility index (Phi) is 3.59. The molecule has 0 aromatic heterocycles. The molecule has 0 amide bonds. The second-order valence-corrected chi connectivity index (χ2v) is 4.46. The Bertz CT molecular complexity index is 532. The van der Waals surface area contributed by atoms with E-state index in [0.717, 1.165) is 15.6 Å². The molecule has 0 spiro atoms. The molecule has 17 heavy (non-hydrogen) atoms. The van der Waals surface area contributed by atoms with Crippen LogP contribution in [0.1, 0.15) is 10.4 Å². The van der Waals surface area contributed by atoms with Gasteiger partial charge in [-0.3, -0.25) is 0 Å². The molecule has 0 aliphatic heterocycles. The predicted molar refractivity (Wildman–Crippen MR) is 70.9 cm³/mol. The Labute approximate surface area is 108 Å². The summed E-state index contributed by atoms with van der Waals surface area (Å²) in [5.74, 6) is -0.316. The SMILES string of the molecule is COC(=O)c1ccccc1-c1ccc(Br)cc1. The lowest BCUT2D eigenvalue weighted by molar-refractivity contribution is 0.0601. The Balaban J connectivity index is 2.51. The summed E-state index contributed by atoms with van der Waals surface area (Å²) in [6.45, 7) is 0. The van der Waals surface area contributed by atoms with Crippen molar-refractivity contribution in [3.8, 4) is 11.1 Å². The van der Waals surface area contributed by atoms with E-state index in [-0.39, 0.29) is 5.97 Å². The molecule has 2 rings (SSSR count). The minimum atomic E-state index is -0.316. The average molecular weight is 291 g/mol. The first-order valence-corrected chi connectivity index (χ1v) is 5.95. The van der Waals surface area contributed by atoms with Gasteiger partial charge >= 0.3 is 5.97 Å². The Morgan fingerprint density at radius 1 is 1.06 bits per heavy atom. The van der Waals surface area contributed by atoms with Crippen molar-refractivity contribution >= 4 is 21.9 Å². The zero-order chi connectivity index (χ0) is 12.3. The van der Waals surface area contributed by atoms with Crippen molar-refractivity contribution in [2.24, 2.45) is 0 Å². The van der Waals surface area contributed by atoms with Crippen LogP contribution < -0.4 is 0 Å². The number of hydrogen-bond donors (Lipinski definition) is 0. The van der Waals surface area contributed by atoms with Crippen molar-refractivity contribution in [1.82, 2.24) is 0 Å². The lowest BCUT2D eigenvalue weighted by atomic mass is 10.00. The predicted octanol–water partition coefficient (Wildman–Crippen LogP) is 3.90. The quantitative estimate of drug-likeness (QED) is 0.784. The maximum absolute atomic E-state index is 11.6. The summed E-state index contributed by atoms with van der Waals surface area (Å²) in [5, 5.41) is 0. The van der Waals surface area contributed by atoms with Crippen LogP contribution in [-0.2, 0) is 4.74 Å². The maximum Gasteiger partial charge on any atom is 0.338 e. The molecular formula is C14H11BrO2. The number of methoxy groups -OCH3 is 1. The number of hydrogen-bond acceptors (Lipinski definition) is 2. The topological polar surface area (TPSA) is 26.3 Å². The van der Waals surface area contributed by atoms with E-state index in [4.69, 9.17) is 4.74 Å². The van der Waals surface area contributed by atoms with Crippen LogP contribution in [-0.4, -0.2) is 13.1 Å². The van der Waals surface area contributed by atoms with E-state index in [2.05, 4.69) is 15.9 Å². The van der Waals surface area contributed by atoms with Crippen molar-refractivity contribution in [3.05, 3.63) is 58.6 Å². The molecule has 0 bridgehead atoms. The Hall–Kier alpha value is -1.61. The third kappa shape index (κ3) is 2.56. The molecule has 0 saturated carbocycles. The number of ether oxygens (including phenoxy) is 1. The van der Waals surface area contributed by atoms with Gasteiger partial charge < -0.3 is 4.74 Å². The van der Waals surface area contributed by atoms with Gasteiger partial charge in [0.25, 0.3) is 0 Å². The van der Waals surface area contributed by atoms with Gasteiger partial charge in [0, 0.05) is 4.47 Å². The second kappa shape index (κ2) is 5.15. The molecule has 0 radical (unpaired) electrons. The second-order valence-electron chi connectivity index (χ2n) is 3.54. The molecule has 0 saturated heterocycles. The van der Waals surface area contributed by atoms with Crippen LogP contribution in [0.2, 0.25) is 0 Å². The summed E-state index contributed by atoms with van der Waals surface area (Å²) >= 11 is 3.39. The van der Waals surface area contributed by atoms with Crippen molar-refractivity contribution in [3.63, 3.8) is 0 Å². The van der Waals surface area contributed by atoms with Crippen molar-refractivity contribution in [2.45, 2.75) is 0 Å². The molecule has 0 N–H and O–H groups in total. The van der Waals surface area contributed by atoms with Crippen molar-refractivity contribution in [1.29, 1.82) is 0 Å². The van der Waals surface area contributed by atoms with Gasteiger partial charge in [0.05, 0.1) is 12.7 Å². The van der Waals surface area contributed by atoms with E-state index in [0.29, 0.717) is 5.56 Å². The average Bonchev–Trinajstić information content (AvgIpc) is 2.39. The first-order chi connectivity index (χ1) is 8.22. The molecule has 0 unspecified atom stereocenters. The van der Waals surface area contributed by atoms with Gasteiger partial charge in [-0.05, 0) is 29.3 Å². The maximum atomic E-state index is 11.6. The lowest BCUT2D eigenvalue weighted by Gasteiger charge is -2.07. The lowest BCUT2D eigenvalue weighted by Crippen LogP contribution is -2.03. The van der Waals surface area contributed by atoms with Gasteiger partial charge in [0.15, 0.2) is 0 Å². The number of carbonyl (C=O) groups is 1. The van der Waals surface area contributed by atoms with E-state index < -0.39 is 0 Å². The fourth-order valence-electron chi connectivity index (χ4n) is 1.65. The molecule has 2 aromatic rings. The van der Waals surface area contributed by atoms with Crippen LogP contribution in [0.3, 0.4) is 0 Å². The summed E-state index contributed by atoms with van der Waals surface area (Å²) in [4.78, 5) is 11.6. The minimum absolute atomic E-state index is 0.316. The molecule has 0 fully saturated rings. The van der Waals surface area contributed by atoms with Gasteiger partial charge in [-0.25, -0.2) is 4.79 Å². The van der Waals surface area contributed by atoms with E-state index in [1.165, 1.54) is 7.11 Å². The minimum Gasteiger partial charge on any atom is -0.465 e. The van der Waals surface area contributed by atoms with Gasteiger partial charge in [0.1, 0.15) is 0 Å². The summed E-state index contributed by atoms with van der Waals surface area (Å²) in [6.07, 6.45) is 0. The number of benzene rings is 2. The van der Waals surface area contributed by atoms with E-state index >= 15 is 0 Å². The molecule has 0 aliphatic carbocycles. The number of esters is 1. The van der Waals surface area contributed by atoms with Crippen LogP contribution in [0.15, 0.2) is 53.0 Å². The molecule has 0 aliphatic rings. The monoisotopic (exact) mass is 290 g/mol. The Morgan fingerprint density at radius 2 is 1.71 bits per heavy atom. The highest BCUT2D eigenvalue weighted by Crippen LogP contribution is 2.25. The van der Waals surface area contributed by atoms with Crippen LogP contribution in [0.25, 0.3) is 11.1 Å². The first-order valence-electron chi connectivity index (χ1n) is 5.15. The largest absolute Gasteiger partial charge is 0.465 e. The summed E-state index contributed by atoms with van der Waals surface area (Å²) in [6, 6.07) is 15.2. The van der Waals surface area contributed by atoms with E-state index in [9.17, 15) is 4.79 Å². The third-order valence-electron chi connectivity index (χ3n) is 2.49. The summed E-state index contributed by atoms with van der Waals surface area (Å²) in [7, 11) is 1.39. The van der Waals surface area contributed by atoms with Crippen molar-refractivity contribution in [2.75, 3.05) is 7.11 Å². The number of carbonyl (C=O) groups excluding carboxylic acids is 1. The highest BCUT2D eigenvalue weighted by Gasteiger charge is 2.11. The molecule has 3 heteroatoms. The number of rotatable bonds is 2. The van der Waals surface area contributed by atoms with Crippen molar-refractivity contribution < 1.29 is 9.53 Å². The standard InChI is InChI=1S/C14H11BrO2/c1-17-14(16)13-5-3-2-4-12(13)10-6-8-11(15)9-7-10/h2-9H,1H3. The molecule has 2 nitrogen and oxygen atoms in total. The van der Waals surface area contributed by atoms with E-state index in [1.807, 2.05) is 42.5 Å². The van der Waals surface area contributed by atoms with Crippen LogP contribution >= 0.6 is 15.9 Å². The van der Waals surface area contributed by atoms with Gasteiger partial charge in [-0.1, -0.05) is 46.3 Å². The molecular weight excluding hydrogens is 280 g/mol. The van der Waals surface area contributed by atoms with Crippen LogP contribution in [0, 0.1) is 0 Å². The third-order valence-corrected chi connectivity index (χ3v) is 3.02. The van der Waals surface area contributed by atoms with E-state index in [1.54, 1.807) is 6.07 Å². The fraction of sp³-hybridized carbons (Fsp3) is 0.0714. The van der Waals surface area contributed by atoms with Gasteiger partial charge in [-0.2, -0.15) is 0 Å². The molecule has 2 aromatic carbocycles. The highest BCUT2D eigenvalue weighted by atomic mass is 79.9. The van der Waals surface area contributed by atoms with Gasteiger partial charge in [0.2, 0.25) is 0 Å². The summed E-state index contributed by atoms with van der Waals surface area (Å²) in [5.41, 5.74) is 2.46. The summed E-state index contributed by atoms with van der Waals surface area (Å²) < 4.78 is 5.78. The zero-order valence-corrected chi connectivity index (χ0v) is 10.9. The first kappa shape index (κ1) is 11.9. The fourth-order valence-corrected chi connectivity index (χ4v) is 1.92. The molecule has 0 atom stereocenters. The zero-order valence-electron chi connectivity index (χ0n) is 9.31. The van der Waals surface area contributed by atoms with Crippen LogP contribution in [0.5, 0.6) is 0 Å². The van der Waals surface area contributed by atoms with Crippen LogP contribution in [0.4, 0.5) is 0 Å². The normalized spacial score (nSPS) is 10.0. The Morgan fingerprint density at radius 3 is 2.35 bits per heavy atom. The van der Waals surface area contributed by atoms with Gasteiger partial charge in [-0.15, -0.1) is 0 Å². The smallest absolute Gasteiger partial charge is 0.338 e.